The van der Waals surface area contributed by atoms with E-state index in [4.69, 9.17) is 9.47 Å². The van der Waals surface area contributed by atoms with Crippen LogP contribution in [0.5, 0.6) is 5.75 Å². The van der Waals surface area contributed by atoms with Gasteiger partial charge in [-0.2, -0.15) is 4.31 Å². The van der Waals surface area contributed by atoms with Crippen LogP contribution in [0.25, 0.3) is 0 Å². The number of ether oxygens (including phenoxy) is 2. The zero-order chi connectivity index (χ0) is 22.3. The Morgan fingerprint density at radius 2 is 1.77 bits per heavy atom. The van der Waals surface area contributed by atoms with Crippen LogP contribution in [0.2, 0.25) is 0 Å². The molecule has 2 aromatic rings. The van der Waals surface area contributed by atoms with Crippen LogP contribution in [0.15, 0.2) is 48.5 Å². The van der Waals surface area contributed by atoms with Crippen molar-refractivity contribution in [3.63, 3.8) is 0 Å². The second-order valence-electron chi connectivity index (χ2n) is 7.76. The molecule has 31 heavy (non-hydrogen) atoms. The maximum atomic E-state index is 12.5. The maximum Gasteiger partial charge on any atom is 0.251 e. The number of sulfonamides is 1. The topological polar surface area (TPSA) is 84.9 Å². The molecule has 0 unspecified atom stereocenters. The number of carbonyl (C=O) groups is 1. The molecule has 0 spiro atoms. The van der Waals surface area contributed by atoms with Gasteiger partial charge in [-0.05, 0) is 35.2 Å². The average Bonchev–Trinajstić information content (AvgIpc) is 2.77. The van der Waals surface area contributed by atoms with Crippen molar-refractivity contribution in [3.05, 3.63) is 65.2 Å². The monoisotopic (exact) mass is 446 g/mol. The average molecular weight is 447 g/mol. The van der Waals surface area contributed by atoms with E-state index in [0.29, 0.717) is 56.5 Å². The van der Waals surface area contributed by atoms with Crippen molar-refractivity contribution in [1.82, 2.24) is 9.62 Å². The number of nitrogens with one attached hydrogen (secondary N) is 1. The van der Waals surface area contributed by atoms with Gasteiger partial charge in [-0.1, -0.05) is 44.2 Å². The quantitative estimate of drug-likeness (QED) is 0.599. The van der Waals surface area contributed by atoms with E-state index in [-0.39, 0.29) is 11.7 Å². The summed E-state index contributed by atoms with van der Waals surface area (Å²) in [5.41, 5.74) is 2.27. The van der Waals surface area contributed by atoms with Gasteiger partial charge >= 0.3 is 0 Å². The number of nitrogens with zero attached hydrogens (tertiary/aromatic N) is 1. The summed E-state index contributed by atoms with van der Waals surface area (Å²) in [7, 11) is -3.39. The minimum atomic E-state index is -3.39. The molecule has 3 rings (SSSR count). The Bertz CT molecular complexity index is 968. The number of morpholine rings is 1. The first-order valence-corrected chi connectivity index (χ1v) is 12.1. The lowest BCUT2D eigenvalue weighted by Crippen LogP contribution is -2.41. The van der Waals surface area contributed by atoms with E-state index in [1.165, 1.54) is 4.31 Å². The molecule has 0 saturated carbocycles. The molecule has 0 aromatic heterocycles. The van der Waals surface area contributed by atoms with Crippen molar-refractivity contribution in [3.8, 4) is 5.75 Å². The Balaban J connectivity index is 1.48. The van der Waals surface area contributed by atoms with Gasteiger partial charge in [0.05, 0.1) is 25.5 Å². The number of rotatable bonds is 9. The van der Waals surface area contributed by atoms with E-state index in [1.807, 2.05) is 24.3 Å². The number of carbonyl (C=O) groups excluding carboxylic acids is 1. The summed E-state index contributed by atoms with van der Waals surface area (Å²) in [5, 5.41) is 2.83. The molecule has 0 aliphatic carbocycles. The van der Waals surface area contributed by atoms with E-state index < -0.39 is 10.0 Å². The van der Waals surface area contributed by atoms with E-state index in [9.17, 15) is 13.2 Å². The number of hydrogen-bond donors (Lipinski definition) is 1. The lowest BCUT2D eigenvalue weighted by atomic mass is 10.0. The molecular formula is C23H30N2O5S. The Hall–Kier alpha value is -2.42. The smallest absolute Gasteiger partial charge is 0.251 e. The molecule has 1 N–H and O–H groups in total. The van der Waals surface area contributed by atoms with Crippen molar-refractivity contribution >= 4 is 15.9 Å². The van der Waals surface area contributed by atoms with Gasteiger partial charge in [0.25, 0.3) is 5.91 Å². The molecule has 1 aliphatic rings. The third-order valence-corrected chi connectivity index (χ3v) is 6.96. The van der Waals surface area contributed by atoms with Gasteiger partial charge in [-0.15, -0.1) is 0 Å². The summed E-state index contributed by atoms with van der Waals surface area (Å²) in [4.78, 5) is 12.4. The van der Waals surface area contributed by atoms with Crippen molar-refractivity contribution in [2.45, 2.75) is 25.5 Å². The fourth-order valence-electron chi connectivity index (χ4n) is 3.40. The van der Waals surface area contributed by atoms with E-state index >= 15 is 0 Å². The maximum absolute atomic E-state index is 12.5. The zero-order valence-electron chi connectivity index (χ0n) is 18.0. The summed E-state index contributed by atoms with van der Waals surface area (Å²) in [5.74, 6) is 0.884. The van der Waals surface area contributed by atoms with Crippen molar-refractivity contribution in [2.24, 2.45) is 0 Å². The summed E-state index contributed by atoms with van der Waals surface area (Å²) >= 11 is 0. The van der Waals surface area contributed by atoms with Gasteiger partial charge in [-0.25, -0.2) is 8.42 Å². The third kappa shape index (κ3) is 6.53. The van der Waals surface area contributed by atoms with Crippen LogP contribution < -0.4 is 10.1 Å². The van der Waals surface area contributed by atoms with Gasteiger partial charge in [0.1, 0.15) is 12.4 Å². The Labute approximate surface area is 184 Å². The molecule has 2 aromatic carbocycles. The summed E-state index contributed by atoms with van der Waals surface area (Å²) in [6, 6.07) is 14.5. The first-order chi connectivity index (χ1) is 14.9. The molecule has 1 aliphatic heterocycles. The molecular weight excluding hydrogens is 416 g/mol. The SMILES string of the molecule is CC(C)c1ccccc1OCCNC(=O)c1ccc(CS(=O)(=O)N2CCOCC2)cc1. The first kappa shape index (κ1) is 23.2. The van der Waals surface area contributed by atoms with Gasteiger partial charge in [0.2, 0.25) is 10.0 Å². The molecule has 1 fully saturated rings. The fraction of sp³-hybridized carbons (Fsp3) is 0.435. The molecule has 0 radical (unpaired) electrons. The predicted octanol–water partition coefficient (Wildman–Crippen LogP) is 2.78. The van der Waals surface area contributed by atoms with Crippen LogP contribution >= 0.6 is 0 Å². The number of benzene rings is 2. The van der Waals surface area contributed by atoms with Crippen LogP contribution in [0, 0.1) is 0 Å². The van der Waals surface area contributed by atoms with Crippen molar-refractivity contribution in [1.29, 1.82) is 0 Å². The molecule has 0 atom stereocenters. The zero-order valence-corrected chi connectivity index (χ0v) is 18.9. The van der Waals surface area contributed by atoms with Crippen molar-refractivity contribution < 1.29 is 22.7 Å². The van der Waals surface area contributed by atoms with Gasteiger partial charge < -0.3 is 14.8 Å². The summed E-state index contributed by atoms with van der Waals surface area (Å²) in [6.45, 7) is 6.57. The number of hydrogen-bond acceptors (Lipinski definition) is 5. The predicted molar refractivity (Wildman–Crippen MR) is 120 cm³/mol. The molecule has 0 bridgehead atoms. The minimum Gasteiger partial charge on any atom is -0.491 e. The van der Waals surface area contributed by atoms with Gasteiger partial charge in [0.15, 0.2) is 0 Å². The minimum absolute atomic E-state index is 0.0853. The van der Waals surface area contributed by atoms with E-state index in [1.54, 1.807) is 24.3 Å². The van der Waals surface area contributed by atoms with Crippen LogP contribution in [0.4, 0.5) is 0 Å². The Kier molecular flexibility index (Phi) is 8.06. The molecule has 168 valence electrons. The fourth-order valence-corrected chi connectivity index (χ4v) is 4.90. The molecule has 1 amide bonds. The second-order valence-corrected chi connectivity index (χ2v) is 9.73. The largest absolute Gasteiger partial charge is 0.491 e. The standard InChI is InChI=1S/C23H30N2O5S/c1-18(2)21-5-3-4-6-22(21)30-14-11-24-23(26)20-9-7-19(8-10-20)17-31(27,28)25-12-15-29-16-13-25/h3-10,18H,11-17H2,1-2H3,(H,24,26). The third-order valence-electron chi connectivity index (χ3n) is 5.11. The van der Waals surface area contributed by atoms with Crippen LogP contribution in [0.3, 0.4) is 0 Å². The van der Waals surface area contributed by atoms with Gasteiger partial charge in [-0.3, -0.25) is 4.79 Å². The highest BCUT2D eigenvalue weighted by Gasteiger charge is 2.24. The molecule has 7 nitrogen and oxygen atoms in total. The van der Waals surface area contributed by atoms with E-state index in [2.05, 4.69) is 19.2 Å². The number of para-hydroxylation sites is 1. The highest BCUT2D eigenvalue weighted by molar-refractivity contribution is 7.88. The lowest BCUT2D eigenvalue weighted by Gasteiger charge is -2.26. The normalized spacial score (nSPS) is 15.1. The van der Waals surface area contributed by atoms with Gasteiger partial charge in [0, 0.05) is 18.7 Å². The lowest BCUT2D eigenvalue weighted by molar-refractivity contribution is 0.0729. The van der Waals surface area contributed by atoms with Crippen LogP contribution in [0.1, 0.15) is 41.3 Å². The highest BCUT2D eigenvalue weighted by atomic mass is 32.2. The van der Waals surface area contributed by atoms with Crippen LogP contribution in [-0.2, 0) is 20.5 Å². The second kappa shape index (κ2) is 10.7. The van der Waals surface area contributed by atoms with Crippen LogP contribution in [-0.4, -0.2) is 58.1 Å². The van der Waals surface area contributed by atoms with Crippen molar-refractivity contribution in [2.75, 3.05) is 39.5 Å². The molecule has 1 heterocycles. The Morgan fingerprint density at radius 1 is 1.10 bits per heavy atom. The highest BCUT2D eigenvalue weighted by Crippen LogP contribution is 2.25. The first-order valence-electron chi connectivity index (χ1n) is 10.5. The summed E-state index contributed by atoms with van der Waals surface area (Å²) in [6.07, 6.45) is 0. The molecule has 1 saturated heterocycles. The number of amides is 1. The Morgan fingerprint density at radius 3 is 2.45 bits per heavy atom. The summed E-state index contributed by atoms with van der Waals surface area (Å²) < 4.78 is 37.5. The molecule has 8 heteroatoms. The van der Waals surface area contributed by atoms with E-state index in [0.717, 1.165) is 11.3 Å².